The van der Waals surface area contributed by atoms with E-state index in [4.69, 9.17) is 70.1 Å². The van der Waals surface area contributed by atoms with Crippen LogP contribution in [-0.2, 0) is 9.53 Å². The normalized spacial score (nSPS) is 10.9. The number of amides is 4. The zero-order chi connectivity index (χ0) is 60.8. The van der Waals surface area contributed by atoms with Crippen LogP contribution in [0, 0.1) is 0 Å². The van der Waals surface area contributed by atoms with Gasteiger partial charge in [-0.3, -0.25) is 33.8 Å². The average Bonchev–Trinajstić information content (AvgIpc) is 3.64. The van der Waals surface area contributed by atoms with Gasteiger partial charge < -0.3 is 65.0 Å². The molecule has 24 nitrogen and oxygen atoms in total. The van der Waals surface area contributed by atoms with Crippen LogP contribution in [0.25, 0.3) is 0 Å². The van der Waals surface area contributed by atoms with Crippen LogP contribution < -0.4 is 34.9 Å². The van der Waals surface area contributed by atoms with Crippen LogP contribution >= 0.6 is 46.4 Å². The van der Waals surface area contributed by atoms with Gasteiger partial charge in [-0.25, -0.2) is 19.2 Å². The molecule has 0 atom stereocenters. The summed E-state index contributed by atoms with van der Waals surface area (Å²) in [6.07, 6.45) is 1.44. The number of ether oxygens (including phenoxy) is 5. The molecule has 82 heavy (non-hydrogen) atoms. The molecule has 4 aromatic carbocycles. The van der Waals surface area contributed by atoms with E-state index in [0.29, 0.717) is 19.3 Å². The highest BCUT2D eigenvalue weighted by atomic mass is 35.5. The standard InChI is InChI=1S/C54H62Cl4N6O18/c1-6-82-42(65)10-8-7-9-14-64(50(69)37-25-33(58)29-41(54(76)77)46(37)81-5)21-20-63(17-13-61-49(68)36-24-32(57)28-40(53(74)75)45(36)80-4)19-18-62(15-11-59-47(66)34-22-30(55)26-38(51(70)71)43(34)78-2)16-12-60-48(67)35-23-31(56)27-39(52(72)73)44(35)79-3/h22-29H,6-21H2,1-5H3,(H,59,66)(H,60,67)(H,61,68)(H,70,71)(H,72,73)(H,74,75)(H,76,77). The number of carboxylic acid groups (broad SMARTS) is 4. The number of benzene rings is 4. The van der Waals surface area contributed by atoms with Gasteiger partial charge in [0.1, 0.15) is 45.3 Å². The molecule has 0 saturated heterocycles. The van der Waals surface area contributed by atoms with Crippen molar-refractivity contribution in [3.63, 3.8) is 0 Å². The molecule has 4 rings (SSSR count). The quantitative estimate of drug-likeness (QED) is 0.0192. The second-order valence-electron chi connectivity index (χ2n) is 17.7. The minimum absolute atomic E-state index is 0.0292. The summed E-state index contributed by atoms with van der Waals surface area (Å²) >= 11 is 25.0. The number of nitrogens with one attached hydrogen (secondary N) is 3. The van der Waals surface area contributed by atoms with Gasteiger partial charge in [-0.2, -0.15) is 0 Å². The molecule has 4 amide bonds. The summed E-state index contributed by atoms with van der Waals surface area (Å²) in [5.74, 6) is -9.80. The molecular weight excluding hydrogens is 1160 g/mol. The molecule has 0 unspecified atom stereocenters. The highest BCUT2D eigenvalue weighted by Gasteiger charge is 2.28. The van der Waals surface area contributed by atoms with Crippen molar-refractivity contribution >= 4 is 99.9 Å². The smallest absolute Gasteiger partial charge is 0.339 e. The summed E-state index contributed by atoms with van der Waals surface area (Å²) in [7, 11) is 4.78. The maximum atomic E-state index is 14.6. The van der Waals surface area contributed by atoms with E-state index in [9.17, 15) is 63.6 Å². The first-order chi connectivity index (χ1) is 39.0. The van der Waals surface area contributed by atoms with Crippen LogP contribution in [0.5, 0.6) is 23.0 Å². The molecule has 0 aliphatic rings. The van der Waals surface area contributed by atoms with Crippen molar-refractivity contribution in [3.8, 4) is 23.0 Å². The molecule has 4 aromatic rings. The molecule has 444 valence electrons. The van der Waals surface area contributed by atoms with E-state index in [2.05, 4.69) is 16.0 Å². The Kier molecular flexibility index (Phi) is 26.7. The number of carbonyl (C=O) groups excluding carboxylic acids is 5. The second-order valence-corrected chi connectivity index (χ2v) is 19.5. The highest BCUT2D eigenvalue weighted by molar-refractivity contribution is 6.33. The Morgan fingerprint density at radius 2 is 0.720 bits per heavy atom. The van der Waals surface area contributed by atoms with E-state index in [1.807, 2.05) is 9.80 Å². The first-order valence-corrected chi connectivity index (χ1v) is 26.7. The van der Waals surface area contributed by atoms with Crippen LogP contribution in [0.3, 0.4) is 0 Å². The molecule has 0 spiro atoms. The molecule has 0 bridgehead atoms. The Hall–Kier alpha value is -7.61. The number of hydrogen-bond donors (Lipinski definition) is 7. The minimum Gasteiger partial charge on any atom is -0.495 e. The number of esters is 1. The third kappa shape index (κ3) is 19.0. The van der Waals surface area contributed by atoms with E-state index in [0.717, 1.165) is 24.3 Å². The SMILES string of the molecule is CCOC(=O)CCCCCN(CCN(CCNC(=O)c1cc(Cl)cc(C(=O)O)c1OC)CCN(CCNC(=O)c1cc(Cl)cc(C(=O)O)c1OC)CCNC(=O)c1cc(Cl)cc(C(=O)O)c1OC)C(=O)c1cc(Cl)cc(C(=O)O)c1OC. The summed E-state index contributed by atoms with van der Waals surface area (Å²) in [6, 6.07) is 9.54. The number of nitrogens with zero attached hydrogens (tertiary/aromatic N) is 3. The Morgan fingerprint density at radius 3 is 1.05 bits per heavy atom. The van der Waals surface area contributed by atoms with Crippen molar-refractivity contribution in [1.29, 1.82) is 0 Å². The van der Waals surface area contributed by atoms with E-state index < -0.39 is 47.5 Å². The topological polar surface area (TPSA) is 327 Å². The lowest BCUT2D eigenvalue weighted by molar-refractivity contribution is -0.143. The maximum Gasteiger partial charge on any atom is 0.339 e. The predicted molar refractivity (Wildman–Crippen MR) is 301 cm³/mol. The number of halogens is 4. The lowest BCUT2D eigenvalue weighted by atomic mass is 10.1. The molecule has 0 fully saturated rings. The number of methoxy groups -OCH3 is 4. The monoisotopic (exact) mass is 1220 g/mol. The molecule has 28 heteroatoms. The van der Waals surface area contributed by atoms with Crippen molar-refractivity contribution < 1.29 is 87.3 Å². The summed E-state index contributed by atoms with van der Waals surface area (Å²) in [4.78, 5) is 121. The largest absolute Gasteiger partial charge is 0.495 e. The van der Waals surface area contributed by atoms with Gasteiger partial charge in [0.25, 0.3) is 23.6 Å². The van der Waals surface area contributed by atoms with Crippen LogP contribution in [0.2, 0.25) is 20.1 Å². The maximum absolute atomic E-state index is 14.6. The fraction of sp³-hybridized carbons (Fsp3) is 0.389. The third-order valence-corrected chi connectivity index (χ3v) is 13.3. The van der Waals surface area contributed by atoms with Crippen molar-refractivity contribution in [3.05, 3.63) is 113 Å². The Bertz CT molecular complexity index is 2930. The molecule has 7 N–H and O–H groups in total. The highest BCUT2D eigenvalue weighted by Crippen LogP contribution is 2.32. The second kappa shape index (κ2) is 32.7. The number of unbranched alkanes of at least 4 members (excludes halogenated alkanes) is 2. The van der Waals surface area contributed by atoms with Gasteiger partial charge >= 0.3 is 29.8 Å². The van der Waals surface area contributed by atoms with E-state index in [-0.39, 0.29) is 179 Å². The van der Waals surface area contributed by atoms with Crippen LogP contribution in [0.1, 0.15) is 115 Å². The molecule has 0 saturated carbocycles. The third-order valence-electron chi connectivity index (χ3n) is 12.4. The first-order valence-electron chi connectivity index (χ1n) is 25.2. The molecule has 0 radical (unpaired) electrons. The molecule has 0 aromatic heterocycles. The predicted octanol–water partition coefficient (Wildman–Crippen LogP) is 6.59. The lowest BCUT2D eigenvalue weighted by Gasteiger charge is -2.31. The molecule has 0 aliphatic heterocycles. The van der Waals surface area contributed by atoms with Gasteiger partial charge in [0.2, 0.25) is 0 Å². The number of aromatic carboxylic acids is 4. The summed E-state index contributed by atoms with van der Waals surface area (Å²) in [5, 5.41) is 47.4. The van der Waals surface area contributed by atoms with Gasteiger partial charge in [0.15, 0.2) is 0 Å². The zero-order valence-electron chi connectivity index (χ0n) is 45.3. The number of rotatable bonds is 34. The molecule has 0 heterocycles. The van der Waals surface area contributed by atoms with Crippen molar-refractivity contribution in [1.82, 2.24) is 30.7 Å². The summed E-state index contributed by atoms with van der Waals surface area (Å²) in [6.45, 7) is 2.28. The van der Waals surface area contributed by atoms with Crippen LogP contribution in [0.15, 0.2) is 48.5 Å². The average molecular weight is 1220 g/mol. The van der Waals surface area contributed by atoms with Gasteiger partial charge in [0.05, 0.1) is 57.3 Å². The van der Waals surface area contributed by atoms with Gasteiger partial charge in [-0.05, 0) is 68.3 Å². The Balaban J connectivity index is 1.71. The van der Waals surface area contributed by atoms with E-state index in [1.54, 1.807) is 6.92 Å². The van der Waals surface area contributed by atoms with E-state index >= 15 is 0 Å². The number of carboxylic acids is 4. The lowest BCUT2D eigenvalue weighted by Crippen LogP contribution is -2.46. The van der Waals surface area contributed by atoms with Crippen molar-refractivity contribution in [2.24, 2.45) is 0 Å². The van der Waals surface area contributed by atoms with Crippen LogP contribution in [-0.4, -0.2) is 196 Å². The fourth-order valence-corrected chi connectivity index (χ4v) is 9.38. The zero-order valence-corrected chi connectivity index (χ0v) is 48.3. The van der Waals surface area contributed by atoms with Gasteiger partial charge in [0, 0.05) is 98.5 Å². The number of hydrogen-bond acceptors (Lipinski definition) is 16. The Morgan fingerprint density at radius 1 is 0.415 bits per heavy atom. The van der Waals surface area contributed by atoms with Crippen LogP contribution in [0.4, 0.5) is 0 Å². The first kappa shape index (κ1) is 66.9. The van der Waals surface area contributed by atoms with Crippen molar-refractivity contribution in [2.75, 3.05) is 107 Å². The summed E-state index contributed by atoms with van der Waals surface area (Å²) < 4.78 is 26.4. The van der Waals surface area contributed by atoms with Gasteiger partial charge in [-0.1, -0.05) is 52.8 Å². The number of carbonyl (C=O) groups is 9. The van der Waals surface area contributed by atoms with E-state index in [1.165, 1.54) is 57.6 Å². The summed E-state index contributed by atoms with van der Waals surface area (Å²) in [5.41, 5.74) is -2.09. The molecule has 0 aliphatic carbocycles. The molecular formula is C54H62Cl4N6O18. The fourth-order valence-electron chi connectivity index (χ4n) is 8.51. The van der Waals surface area contributed by atoms with Crippen molar-refractivity contribution in [2.45, 2.75) is 32.6 Å². The minimum atomic E-state index is -1.40. The Labute approximate surface area is 491 Å². The van der Waals surface area contributed by atoms with Gasteiger partial charge in [-0.15, -0.1) is 0 Å².